The molecule has 2 aliphatic rings. The van der Waals surface area contributed by atoms with E-state index in [1.54, 1.807) is 12.1 Å². The molecule has 0 aliphatic carbocycles. The molecule has 0 saturated carbocycles. The van der Waals surface area contributed by atoms with Gasteiger partial charge in [0.2, 0.25) is 0 Å². The van der Waals surface area contributed by atoms with Crippen LogP contribution < -0.4 is 5.32 Å². The van der Waals surface area contributed by atoms with E-state index in [-0.39, 0.29) is 0 Å². The van der Waals surface area contributed by atoms with Gasteiger partial charge in [0.05, 0.1) is 23.9 Å². The van der Waals surface area contributed by atoms with Gasteiger partial charge in [-0.2, -0.15) is 0 Å². The zero-order valence-electron chi connectivity index (χ0n) is 14.3. The van der Waals surface area contributed by atoms with Gasteiger partial charge < -0.3 is 15.0 Å². The molecular formula is C18H25Cl2N3OS. The summed E-state index contributed by atoms with van der Waals surface area (Å²) in [7, 11) is 0. The largest absolute Gasteiger partial charge is 0.379 e. The van der Waals surface area contributed by atoms with Gasteiger partial charge in [-0.25, -0.2) is 0 Å². The van der Waals surface area contributed by atoms with Crippen molar-refractivity contribution in [3.8, 4) is 0 Å². The van der Waals surface area contributed by atoms with Crippen LogP contribution in [0.5, 0.6) is 0 Å². The van der Waals surface area contributed by atoms with Gasteiger partial charge in [-0.3, -0.25) is 4.90 Å². The molecule has 1 N–H and O–H groups in total. The van der Waals surface area contributed by atoms with E-state index < -0.39 is 0 Å². The molecule has 0 aromatic heterocycles. The van der Waals surface area contributed by atoms with Crippen LogP contribution in [-0.4, -0.2) is 60.3 Å². The number of anilines is 1. The molecule has 1 aromatic carbocycles. The summed E-state index contributed by atoms with van der Waals surface area (Å²) in [5.41, 5.74) is 0.775. The van der Waals surface area contributed by atoms with Gasteiger partial charge in [-0.05, 0) is 56.1 Å². The maximum Gasteiger partial charge on any atom is 0.173 e. The fraction of sp³-hybridized carbons (Fsp3) is 0.611. The summed E-state index contributed by atoms with van der Waals surface area (Å²) >= 11 is 18.0. The Hall–Kier alpha value is -0.590. The third kappa shape index (κ3) is 5.44. The number of hydrogen-bond acceptors (Lipinski definition) is 3. The quantitative estimate of drug-likeness (QED) is 0.760. The fourth-order valence-corrected chi connectivity index (χ4v) is 4.19. The molecule has 138 valence electrons. The predicted octanol–water partition coefficient (Wildman–Crippen LogP) is 4.27. The van der Waals surface area contributed by atoms with Crippen molar-refractivity contribution in [2.75, 3.05) is 44.7 Å². The number of halogens is 2. The first kappa shape index (κ1) is 19.2. The first-order chi connectivity index (χ1) is 12.1. The van der Waals surface area contributed by atoms with Crippen molar-refractivity contribution in [2.45, 2.75) is 31.7 Å². The van der Waals surface area contributed by atoms with Crippen LogP contribution in [0.25, 0.3) is 0 Å². The summed E-state index contributed by atoms with van der Waals surface area (Å²) in [6.45, 7) is 5.87. The molecule has 2 saturated heterocycles. The van der Waals surface area contributed by atoms with Gasteiger partial charge in [-0.1, -0.05) is 23.2 Å². The Bertz CT molecular complexity index is 596. The van der Waals surface area contributed by atoms with Crippen LogP contribution in [0.3, 0.4) is 0 Å². The number of nitrogens with one attached hydrogen (secondary N) is 1. The molecule has 2 aliphatic heterocycles. The first-order valence-corrected chi connectivity index (χ1v) is 10.1. The molecule has 0 amide bonds. The number of ether oxygens (including phenoxy) is 1. The number of thiocarbonyl (C=S) groups is 1. The van der Waals surface area contributed by atoms with E-state index in [4.69, 9.17) is 40.2 Å². The molecule has 0 spiro atoms. The van der Waals surface area contributed by atoms with E-state index in [0.29, 0.717) is 16.1 Å². The highest BCUT2D eigenvalue weighted by Crippen LogP contribution is 2.27. The van der Waals surface area contributed by atoms with Crippen LogP contribution in [0, 0.1) is 0 Å². The topological polar surface area (TPSA) is 27.7 Å². The molecular weight excluding hydrogens is 377 g/mol. The lowest BCUT2D eigenvalue weighted by molar-refractivity contribution is 0.0338. The van der Waals surface area contributed by atoms with E-state index in [1.165, 1.54) is 19.3 Å². The Balaban J connectivity index is 1.59. The second-order valence-corrected chi connectivity index (χ2v) is 7.87. The average Bonchev–Trinajstić information content (AvgIpc) is 2.64. The highest BCUT2D eigenvalue weighted by Gasteiger charge is 2.25. The molecule has 2 fully saturated rings. The third-order valence-electron chi connectivity index (χ3n) is 4.94. The van der Waals surface area contributed by atoms with E-state index in [2.05, 4.69) is 15.1 Å². The van der Waals surface area contributed by atoms with Gasteiger partial charge in [0.25, 0.3) is 0 Å². The number of rotatable bonds is 4. The lowest BCUT2D eigenvalue weighted by Crippen LogP contribution is -2.47. The van der Waals surface area contributed by atoms with Crippen molar-refractivity contribution in [3.63, 3.8) is 0 Å². The van der Waals surface area contributed by atoms with Crippen LogP contribution >= 0.6 is 35.4 Å². The number of nitrogens with zero attached hydrogens (tertiary/aromatic N) is 2. The predicted molar refractivity (Wildman–Crippen MR) is 109 cm³/mol. The van der Waals surface area contributed by atoms with Crippen molar-refractivity contribution in [3.05, 3.63) is 28.2 Å². The Morgan fingerprint density at radius 1 is 1.20 bits per heavy atom. The first-order valence-electron chi connectivity index (χ1n) is 8.96. The Kier molecular flexibility index (Phi) is 7.19. The summed E-state index contributed by atoms with van der Waals surface area (Å²) < 4.78 is 5.43. The number of piperidine rings is 1. The van der Waals surface area contributed by atoms with Crippen LogP contribution in [-0.2, 0) is 4.74 Å². The standard InChI is InChI=1S/C18H25Cl2N3OS/c19-14-4-5-16(20)17(13-14)21-18(25)23-7-2-1-3-15(23)6-8-22-9-11-24-12-10-22/h4-5,13,15H,1-3,6-12H2,(H,21,25)/t15-/m0/s1. The lowest BCUT2D eigenvalue weighted by Gasteiger charge is -2.39. The fourth-order valence-electron chi connectivity index (χ4n) is 3.50. The summed E-state index contributed by atoms with van der Waals surface area (Å²) in [4.78, 5) is 4.82. The smallest absolute Gasteiger partial charge is 0.173 e. The molecule has 0 bridgehead atoms. The van der Waals surface area contributed by atoms with Gasteiger partial charge in [0, 0.05) is 37.2 Å². The number of morpholine rings is 1. The molecule has 0 unspecified atom stereocenters. The zero-order valence-corrected chi connectivity index (χ0v) is 16.7. The summed E-state index contributed by atoms with van der Waals surface area (Å²) in [6.07, 6.45) is 4.77. The molecule has 25 heavy (non-hydrogen) atoms. The Morgan fingerprint density at radius 2 is 2.00 bits per heavy atom. The average molecular weight is 402 g/mol. The van der Waals surface area contributed by atoms with Gasteiger partial charge in [0.15, 0.2) is 5.11 Å². The second kappa shape index (κ2) is 9.38. The van der Waals surface area contributed by atoms with E-state index >= 15 is 0 Å². The highest BCUT2D eigenvalue weighted by atomic mass is 35.5. The van der Waals surface area contributed by atoms with Crippen LogP contribution in [0.2, 0.25) is 10.0 Å². The van der Waals surface area contributed by atoms with Gasteiger partial charge >= 0.3 is 0 Å². The van der Waals surface area contributed by atoms with Crippen molar-refractivity contribution in [1.82, 2.24) is 9.80 Å². The van der Waals surface area contributed by atoms with Crippen LogP contribution in [0.15, 0.2) is 18.2 Å². The third-order valence-corrected chi connectivity index (χ3v) is 5.84. The van der Waals surface area contributed by atoms with Crippen molar-refractivity contribution >= 4 is 46.2 Å². The maximum atomic E-state index is 6.26. The Morgan fingerprint density at radius 3 is 2.80 bits per heavy atom. The molecule has 4 nitrogen and oxygen atoms in total. The van der Waals surface area contributed by atoms with E-state index in [1.807, 2.05) is 6.07 Å². The lowest BCUT2D eigenvalue weighted by atomic mass is 9.99. The summed E-state index contributed by atoms with van der Waals surface area (Å²) in [6, 6.07) is 5.88. The second-order valence-electron chi connectivity index (χ2n) is 6.64. The van der Waals surface area contributed by atoms with Gasteiger partial charge in [-0.15, -0.1) is 0 Å². The van der Waals surface area contributed by atoms with E-state index in [0.717, 1.165) is 56.6 Å². The van der Waals surface area contributed by atoms with Crippen molar-refractivity contribution in [1.29, 1.82) is 0 Å². The summed E-state index contributed by atoms with van der Waals surface area (Å²) in [5.74, 6) is 0. The van der Waals surface area contributed by atoms with Crippen molar-refractivity contribution in [2.24, 2.45) is 0 Å². The molecule has 7 heteroatoms. The normalized spacial score (nSPS) is 22.0. The van der Waals surface area contributed by atoms with Crippen molar-refractivity contribution < 1.29 is 4.74 Å². The molecule has 0 radical (unpaired) electrons. The number of benzene rings is 1. The number of hydrogen-bond donors (Lipinski definition) is 1. The van der Waals surface area contributed by atoms with Crippen LogP contribution in [0.1, 0.15) is 25.7 Å². The monoisotopic (exact) mass is 401 g/mol. The summed E-state index contributed by atoms with van der Waals surface area (Å²) in [5, 5.41) is 5.33. The zero-order chi connectivity index (χ0) is 17.6. The maximum absolute atomic E-state index is 6.26. The SMILES string of the molecule is S=C(Nc1cc(Cl)ccc1Cl)N1CCCC[C@H]1CCN1CCOCC1. The number of likely N-dealkylation sites (tertiary alicyclic amines) is 1. The molecule has 1 atom stereocenters. The minimum absolute atomic E-state index is 0.481. The Labute approximate surface area is 165 Å². The highest BCUT2D eigenvalue weighted by molar-refractivity contribution is 7.80. The minimum atomic E-state index is 0.481. The molecule has 1 aromatic rings. The van der Waals surface area contributed by atoms with E-state index in [9.17, 15) is 0 Å². The molecule has 2 heterocycles. The minimum Gasteiger partial charge on any atom is -0.379 e. The van der Waals surface area contributed by atoms with Crippen LogP contribution in [0.4, 0.5) is 5.69 Å². The van der Waals surface area contributed by atoms with Gasteiger partial charge in [0.1, 0.15) is 0 Å². The molecule has 3 rings (SSSR count).